The maximum atomic E-state index is 12.6. The smallest absolute Gasteiger partial charge is 0.154 e. The lowest BCUT2D eigenvalue weighted by molar-refractivity contribution is -0.187. The normalized spacial score (nSPS) is 31.0. The van der Waals surface area contributed by atoms with Crippen molar-refractivity contribution >= 4 is 0 Å². The third-order valence-corrected chi connectivity index (χ3v) is 7.27. The second kappa shape index (κ2) is 16.6. The highest BCUT2D eigenvalue weighted by molar-refractivity contribution is 5.23. The second-order valence-electron chi connectivity index (χ2n) is 11.4. The summed E-state index contributed by atoms with van der Waals surface area (Å²) in [5.41, 5.74) is 0.700. The number of halogens is 2. The molecule has 2 aliphatic carbocycles. The Kier molecular flexibility index (Phi) is 15.2. The van der Waals surface area contributed by atoms with E-state index in [1.54, 1.807) is 6.92 Å². The minimum atomic E-state index is -0.475. The molecule has 2 saturated carbocycles. The Labute approximate surface area is 209 Å². The average Bonchev–Trinajstić information content (AvgIpc) is 2.79. The van der Waals surface area contributed by atoms with Gasteiger partial charge in [-0.15, -0.1) is 0 Å². The topological polar surface area (TPSA) is 18.5 Å². The van der Waals surface area contributed by atoms with Crippen LogP contribution in [0.15, 0.2) is 12.1 Å². The van der Waals surface area contributed by atoms with E-state index >= 15 is 0 Å². The zero-order valence-corrected chi connectivity index (χ0v) is 23.3. The van der Waals surface area contributed by atoms with Crippen LogP contribution in [0.2, 0.25) is 0 Å². The Morgan fingerprint density at radius 2 is 0.853 bits per heavy atom. The number of hydrogen-bond donors (Lipinski definition) is 0. The van der Waals surface area contributed by atoms with E-state index in [2.05, 4.69) is 34.6 Å². The molecule has 1 aromatic carbocycles. The fraction of sp³-hybridized carbons (Fsp3) is 0.800. The van der Waals surface area contributed by atoms with Crippen molar-refractivity contribution in [2.45, 2.75) is 113 Å². The molecule has 198 valence electrons. The molecular weight excluding hydrogens is 430 g/mol. The first kappa shape index (κ1) is 31.0. The highest BCUT2D eigenvalue weighted by Crippen LogP contribution is 2.28. The third-order valence-electron chi connectivity index (χ3n) is 7.27. The fourth-order valence-electron chi connectivity index (χ4n) is 4.32. The van der Waals surface area contributed by atoms with Crippen LogP contribution in [-0.2, 0) is 9.47 Å². The molecule has 1 heterocycles. The van der Waals surface area contributed by atoms with E-state index in [0.717, 1.165) is 36.9 Å². The van der Waals surface area contributed by atoms with Crippen LogP contribution in [0.25, 0.3) is 0 Å². The van der Waals surface area contributed by atoms with Gasteiger partial charge in [0, 0.05) is 11.5 Å². The monoisotopic (exact) mass is 482 g/mol. The van der Waals surface area contributed by atoms with Crippen molar-refractivity contribution in [3.63, 3.8) is 0 Å². The van der Waals surface area contributed by atoms with Gasteiger partial charge in [0.05, 0.1) is 13.2 Å². The zero-order chi connectivity index (χ0) is 25.7. The molecule has 3 aliphatic rings. The van der Waals surface area contributed by atoms with Gasteiger partial charge in [-0.25, -0.2) is 8.78 Å². The Balaban J connectivity index is 0.000000228. The number of hydrogen-bond acceptors (Lipinski definition) is 2. The summed E-state index contributed by atoms with van der Waals surface area (Å²) in [6.45, 7) is 18.3. The average molecular weight is 483 g/mol. The van der Waals surface area contributed by atoms with Gasteiger partial charge in [0.2, 0.25) is 0 Å². The summed E-state index contributed by atoms with van der Waals surface area (Å²) in [5.74, 6) is 3.70. The molecule has 34 heavy (non-hydrogen) atoms. The third kappa shape index (κ3) is 13.8. The summed E-state index contributed by atoms with van der Waals surface area (Å²) >= 11 is 0. The first-order valence-electron chi connectivity index (χ1n) is 13.6. The van der Waals surface area contributed by atoms with E-state index < -0.39 is 11.6 Å². The molecule has 0 bridgehead atoms. The zero-order valence-electron chi connectivity index (χ0n) is 23.3. The molecule has 0 spiro atoms. The van der Waals surface area contributed by atoms with Crippen LogP contribution < -0.4 is 0 Å². The molecule has 1 saturated heterocycles. The van der Waals surface area contributed by atoms with E-state index in [1.165, 1.54) is 70.4 Å². The van der Waals surface area contributed by atoms with E-state index in [0.29, 0.717) is 11.5 Å². The van der Waals surface area contributed by atoms with Crippen LogP contribution in [0.4, 0.5) is 8.78 Å². The standard InChI is InChI=1S/C8H8F2.2C8H16.C6H12O2/c1-5-3-7(9)6(2)8(10)4-5;2*1-7-3-5-8(2)6-4-7;1-5-3-7-6(2)8-4-5/h3-4H,1-2H3;2*7-8H,3-6H2,1-2H3;5-6H,3-4H2,1-2H3. The van der Waals surface area contributed by atoms with Gasteiger partial charge in [-0.3, -0.25) is 0 Å². The molecule has 2 nitrogen and oxygen atoms in total. The summed E-state index contributed by atoms with van der Waals surface area (Å²) in [7, 11) is 0. The molecule has 0 aromatic heterocycles. The van der Waals surface area contributed by atoms with Gasteiger partial charge < -0.3 is 9.47 Å². The molecule has 1 aromatic rings. The van der Waals surface area contributed by atoms with Crippen molar-refractivity contribution in [3.8, 4) is 0 Å². The number of rotatable bonds is 0. The highest BCUT2D eigenvalue weighted by Gasteiger charge is 2.14. The van der Waals surface area contributed by atoms with Gasteiger partial charge >= 0.3 is 0 Å². The van der Waals surface area contributed by atoms with E-state index in [9.17, 15) is 8.78 Å². The highest BCUT2D eigenvalue weighted by atomic mass is 19.1. The van der Waals surface area contributed by atoms with Crippen molar-refractivity contribution < 1.29 is 18.3 Å². The summed E-state index contributed by atoms with van der Waals surface area (Å²) < 4.78 is 35.5. The van der Waals surface area contributed by atoms with Crippen molar-refractivity contribution in [2.24, 2.45) is 29.6 Å². The number of aryl methyl sites for hydroxylation is 1. The molecule has 0 radical (unpaired) electrons. The lowest BCUT2D eigenvalue weighted by atomic mass is 9.84. The van der Waals surface area contributed by atoms with Gasteiger partial charge in [0.25, 0.3) is 0 Å². The molecule has 0 N–H and O–H groups in total. The maximum absolute atomic E-state index is 12.6. The van der Waals surface area contributed by atoms with Crippen LogP contribution in [0.5, 0.6) is 0 Å². The molecule has 3 fully saturated rings. The molecule has 0 amide bonds. The lowest BCUT2D eigenvalue weighted by Gasteiger charge is -2.24. The second-order valence-corrected chi connectivity index (χ2v) is 11.4. The van der Waals surface area contributed by atoms with Crippen LogP contribution in [0, 0.1) is 55.1 Å². The van der Waals surface area contributed by atoms with E-state index in [4.69, 9.17) is 9.47 Å². The first-order valence-corrected chi connectivity index (χ1v) is 13.6. The van der Waals surface area contributed by atoms with Gasteiger partial charge in [-0.05, 0) is 62.1 Å². The minimum Gasteiger partial charge on any atom is -0.353 e. The first-order chi connectivity index (χ1) is 16.0. The molecular formula is C30H52F2O2. The molecule has 4 rings (SSSR count). The Morgan fingerprint density at radius 1 is 0.559 bits per heavy atom. The predicted octanol–water partition coefficient (Wildman–Crippen LogP) is 9.26. The van der Waals surface area contributed by atoms with Crippen molar-refractivity contribution in [2.75, 3.05) is 13.2 Å². The lowest BCUT2D eigenvalue weighted by Crippen LogP contribution is -2.27. The van der Waals surface area contributed by atoms with Crippen LogP contribution in [0.3, 0.4) is 0 Å². The van der Waals surface area contributed by atoms with Gasteiger partial charge in [-0.2, -0.15) is 0 Å². The summed E-state index contributed by atoms with van der Waals surface area (Å²) in [5, 5.41) is 0. The van der Waals surface area contributed by atoms with Gasteiger partial charge in [0.1, 0.15) is 11.6 Å². The summed E-state index contributed by atoms with van der Waals surface area (Å²) in [6, 6.07) is 2.64. The Bertz CT molecular complexity index is 553. The quantitative estimate of drug-likeness (QED) is 0.367. The molecule has 0 atom stereocenters. The largest absolute Gasteiger partial charge is 0.353 e. The molecule has 4 heteroatoms. The molecule has 0 unspecified atom stereocenters. The van der Waals surface area contributed by atoms with Crippen LogP contribution in [0.1, 0.15) is 104 Å². The fourth-order valence-corrected chi connectivity index (χ4v) is 4.32. The van der Waals surface area contributed by atoms with E-state index in [1.807, 2.05) is 6.92 Å². The van der Waals surface area contributed by atoms with Gasteiger partial charge in [-0.1, -0.05) is 86.0 Å². The van der Waals surface area contributed by atoms with Crippen LogP contribution >= 0.6 is 0 Å². The Morgan fingerprint density at radius 3 is 1.12 bits per heavy atom. The molecule has 1 aliphatic heterocycles. The minimum absolute atomic E-state index is 0.0196. The Hall–Kier alpha value is -1.00. The van der Waals surface area contributed by atoms with Gasteiger partial charge in [0.15, 0.2) is 6.29 Å². The maximum Gasteiger partial charge on any atom is 0.154 e. The van der Waals surface area contributed by atoms with Crippen LogP contribution in [-0.4, -0.2) is 19.5 Å². The summed E-state index contributed by atoms with van der Waals surface area (Å²) in [6.07, 6.45) is 11.8. The van der Waals surface area contributed by atoms with Crippen molar-refractivity contribution in [1.29, 1.82) is 0 Å². The number of benzene rings is 1. The number of ether oxygens (including phenoxy) is 2. The van der Waals surface area contributed by atoms with Crippen molar-refractivity contribution in [1.82, 2.24) is 0 Å². The van der Waals surface area contributed by atoms with E-state index in [-0.39, 0.29) is 11.9 Å². The van der Waals surface area contributed by atoms with Crippen molar-refractivity contribution in [3.05, 3.63) is 34.9 Å². The SMILES string of the molecule is CC1CCC(C)CC1.CC1CCC(C)CC1.CC1COC(C)OC1.Cc1cc(F)c(C)c(F)c1. The predicted molar refractivity (Wildman–Crippen MR) is 140 cm³/mol. The summed E-state index contributed by atoms with van der Waals surface area (Å²) in [4.78, 5) is 0.